The molecule has 0 aliphatic rings. The highest BCUT2D eigenvalue weighted by molar-refractivity contribution is 9.10. The fraction of sp³-hybridized carbons (Fsp3) is 0.0667. The number of ketones is 1. The molecule has 0 bridgehead atoms. The van der Waals surface area contributed by atoms with E-state index < -0.39 is 5.97 Å². The summed E-state index contributed by atoms with van der Waals surface area (Å²) in [5, 5.41) is 0. The van der Waals surface area contributed by atoms with E-state index in [1.54, 1.807) is 18.2 Å². The molecule has 3 nitrogen and oxygen atoms in total. The van der Waals surface area contributed by atoms with Crippen LogP contribution in [0.3, 0.4) is 0 Å². The average Bonchev–Trinajstić information content (AvgIpc) is 2.91. The summed E-state index contributed by atoms with van der Waals surface area (Å²) in [7, 11) is 0. The number of carbonyl (C=O) groups is 2. The van der Waals surface area contributed by atoms with Crippen molar-refractivity contribution in [2.24, 2.45) is 0 Å². The van der Waals surface area contributed by atoms with Gasteiger partial charge in [0.05, 0.1) is 9.21 Å². The van der Waals surface area contributed by atoms with Crippen molar-refractivity contribution in [3.8, 4) is 0 Å². The summed E-state index contributed by atoms with van der Waals surface area (Å²) in [5.41, 5.74) is 0.867. The van der Waals surface area contributed by atoms with Gasteiger partial charge in [0.1, 0.15) is 0 Å². The Balaban J connectivity index is 1.84. The average molecular weight is 386 g/mol. The Hall–Kier alpha value is -1.43. The topological polar surface area (TPSA) is 43.4 Å². The SMILES string of the molecule is O=C(/C=C/c1ccc(Br)cc1)OCC(=O)c1ccc(Cl)s1. The minimum atomic E-state index is -0.561. The lowest BCUT2D eigenvalue weighted by Crippen LogP contribution is -2.11. The summed E-state index contributed by atoms with van der Waals surface area (Å²) in [6, 6.07) is 10.7. The first-order valence-electron chi connectivity index (χ1n) is 5.93. The third-order valence-corrected chi connectivity index (χ3v) is 4.28. The van der Waals surface area contributed by atoms with Crippen LogP contribution in [-0.2, 0) is 9.53 Å². The summed E-state index contributed by atoms with van der Waals surface area (Å²) >= 11 is 10.2. The number of esters is 1. The molecule has 21 heavy (non-hydrogen) atoms. The number of thiophene rings is 1. The summed E-state index contributed by atoms with van der Waals surface area (Å²) in [6.07, 6.45) is 2.92. The van der Waals surface area contributed by atoms with Crippen LogP contribution in [0.15, 0.2) is 46.9 Å². The standard InChI is InChI=1S/C15H10BrClO3S/c16-11-4-1-10(2-5-11)3-8-15(19)20-9-12(18)13-6-7-14(17)21-13/h1-8H,9H2/b8-3+. The maximum Gasteiger partial charge on any atom is 0.331 e. The normalized spacial score (nSPS) is 10.8. The zero-order valence-electron chi connectivity index (χ0n) is 10.7. The molecule has 0 amide bonds. The van der Waals surface area contributed by atoms with E-state index in [1.807, 2.05) is 24.3 Å². The van der Waals surface area contributed by atoms with E-state index in [2.05, 4.69) is 15.9 Å². The molecule has 0 spiro atoms. The molecular weight excluding hydrogens is 376 g/mol. The number of halogens is 2. The summed E-state index contributed by atoms with van der Waals surface area (Å²) < 4.78 is 6.38. The van der Waals surface area contributed by atoms with Crippen LogP contribution in [0.4, 0.5) is 0 Å². The Kier molecular flexibility index (Phi) is 5.73. The van der Waals surface area contributed by atoms with Gasteiger partial charge in [0.25, 0.3) is 0 Å². The molecule has 0 radical (unpaired) electrons. The molecule has 108 valence electrons. The third kappa shape index (κ3) is 5.12. The van der Waals surface area contributed by atoms with Gasteiger partial charge in [-0.25, -0.2) is 4.79 Å². The van der Waals surface area contributed by atoms with E-state index in [0.29, 0.717) is 9.21 Å². The molecule has 0 fully saturated rings. The van der Waals surface area contributed by atoms with Crippen molar-refractivity contribution in [3.05, 3.63) is 61.7 Å². The van der Waals surface area contributed by atoms with Gasteiger partial charge in [-0.15, -0.1) is 11.3 Å². The molecule has 0 aliphatic heterocycles. The van der Waals surface area contributed by atoms with Crippen LogP contribution >= 0.6 is 38.9 Å². The minimum absolute atomic E-state index is 0.266. The van der Waals surface area contributed by atoms with Crippen molar-refractivity contribution in [2.75, 3.05) is 6.61 Å². The van der Waals surface area contributed by atoms with Gasteiger partial charge in [-0.3, -0.25) is 4.79 Å². The Labute approximate surface area is 139 Å². The van der Waals surface area contributed by atoms with Crippen molar-refractivity contribution in [2.45, 2.75) is 0 Å². The second kappa shape index (κ2) is 7.54. The van der Waals surface area contributed by atoms with E-state index >= 15 is 0 Å². The van der Waals surface area contributed by atoms with Gasteiger partial charge in [-0.2, -0.15) is 0 Å². The molecule has 0 saturated heterocycles. The predicted octanol–water partition coefficient (Wildman–Crippen LogP) is 4.60. The third-order valence-electron chi connectivity index (χ3n) is 2.48. The lowest BCUT2D eigenvalue weighted by molar-refractivity contribution is -0.136. The van der Waals surface area contributed by atoms with Crippen LogP contribution in [0.1, 0.15) is 15.2 Å². The quantitative estimate of drug-likeness (QED) is 0.429. The first-order chi connectivity index (χ1) is 10.0. The number of hydrogen-bond acceptors (Lipinski definition) is 4. The molecule has 2 rings (SSSR count). The van der Waals surface area contributed by atoms with Crippen molar-refractivity contribution in [1.29, 1.82) is 0 Å². The highest BCUT2D eigenvalue weighted by Gasteiger charge is 2.10. The molecule has 0 atom stereocenters. The lowest BCUT2D eigenvalue weighted by Gasteiger charge is -1.99. The van der Waals surface area contributed by atoms with Gasteiger partial charge < -0.3 is 4.74 Å². The van der Waals surface area contributed by atoms with Gasteiger partial charge in [0.15, 0.2) is 6.61 Å². The highest BCUT2D eigenvalue weighted by Crippen LogP contribution is 2.21. The maximum atomic E-state index is 11.7. The number of benzene rings is 1. The van der Waals surface area contributed by atoms with E-state index in [0.717, 1.165) is 21.4 Å². The molecule has 0 unspecified atom stereocenters. The molecule has 1 aromatic heterocycles. The monoisotopic (exact) mass is 384 g/mol. The zero-order valence-corrected chi connectivity index (χ0v) is 13.9. The minimum Gasteiger partial charge on any atom is -0.454 e. The largest absolute Gasteiger partial charge is 0.454 e. The Morgan fingerprint density at radius 1 is 1.19 bits per heavy atom. The van der Waals surface area contributed by atoms with Crippen molar-refractivity contribution < 1.29 is 14.3 Å². The first kappa shape index (κ1) is 15.9. The number of ether oxygens (including phenoxy) is 1. The predicted molar refractivity (Wildman–Crippen MR) is 87.8 cm³/mol. The molecule has 0 aliphatic carbocycles. The smallest absolute Gasteiger partial charge is 0.331 e. The van der Waals surface area contributed by atoms with E-state index in [4.69, 9.17) is 16.3 Å². The van der Waals surface area contributed by atoms with Crippen LogP contribution < -0.4 is 0 Å². The lowest BCUT2D eigenvalue weighted by atomic mass is 10.2. The van der Waals surface area contributed by atoms with Gasteiger partial charge in [-0.1, -0.05) is 39.7 Å². The molecular formula is C15H10BrClO3S. The van der Waals surface area contributed by atoms with Gasteiger partial charge >= 0.3 is 5.97 Å². The van der Waals surface area contributed by atoms with E-state index in [9.17, 15) is 9.59 Å². The second-order valence-corrected chi connectivity index (χ2v) is 6.65. The summed E-state index contributed by atoms with van der Waals surface area (Å²) in [6.45, 7) is -0.291. The molecule has 2 aromatic rings. The molecule has 0 saturated carbocycles. The van der Waals surface area contributed by atoms with Gasteiger partial charge in [0, 0.05) is 10.5 Å². The number of hydrogen-bond donors (Lipinski definition) is 0. The van der Waals surface area contributed by atoms with Gasteiger partial charge in [-0.05, 0) is 35.9 Å². The van der Waals surface area contributed by atoms with Crippen molar-refractivity contribution >= 4 is 56.7 Å². The number of Topliss-reactive ketones (excluding diaryl/α,β-unsaturated/α-hetero) is 1. The summed E-state index contributed by atoms with van der Waals surface area (Å²) in [4.78, 5) is 23.7. The summed E-state index contributed by atoms with van der Waals surface area (Å²) in [5.74, 6) is -0.828. The zero-order chi connectivity index (χ0) is 15.2. The molecule has 1 heterocycles. The van der Waals surface area contributed by atoms with Gasteiger partial charge in [0.2, 0.25) is 5.78 Å². The van der Waals surface area contributed by atoms with Crippen LogP contribution in [-0.4, -0.2) is 18.4 Å². The van der Waals surface area contributed by atoms with Crippen molar-refractivity contribution in [3.63, 3.8) is 0 Å². The molecule has 6 heteroatoms. The number of carbonyl (C=O) groups excluding carboxylic acids is 2. The highest BCUT2D eigenvalue weighted by atomic mass is 79.9. The second-order valence-electron chi connectivity index (χ2n) is 4.02. The Morgan fingerprint density at radius 3 is 2.52 bits per heavy atom. The molecule has 0 N–H and O–H groups in total. The Morgan fingerprint density at radius 2 is 1.90 bits per heavy atom. The number of rotatable bonds is 5. The van der Waals surface area contributed by atoms with E-state index in [-0.39, 0.29) is 12.4 Å². The van der Waals surface area contributed by atoms with E-state index in [1.165, 1.54) is 6.08 Å². The van der Waals surface area contributed by atoms with Crippen molar-refractivity contribution in [1.82, 2.24) is 0 Å². The fourth-order valence-electron chi connectivity index (χ4n) is 1.46. The Bertz CT molecular complexity index is 676. The maximum absolute atomic E-state index is 11.7. The molecule has 1 aromatic carbocycles. The van der Waals surface area contributed by atoms with Crippen LogP contribution in [0.25, 0.3) is 6.08 Å². The first-order valence-corrected chi connectivity index (χ1v) is 7.92. The fourth-order valence-corrected chi connectivity index (χ4v) is 2.69. The van der Waals surface area contributed by atoms with Crippen LogP contribution in [0.5, 0.6) is 0 Å². The van der Waals surface area contributed by atoms with Crippen LogP contribution in [0, 0.1) is 0 Å². The van der Waals surface area contributed by atoms with Crippen LogP contribution in [0.2, 0.25) is 4.34 Å².